The third-order valence-corrected chi connectivity index (χ3v) is 3.77. The van der Waals surface area contributed by atoms with Gasteiger partial charge in [-0.3, -0.25) is 4.79 Å². The predicted octanol–water partition coefficient (Wildman–Crippen LogP) is 4.84. The van der Waals surface area contributed by atoms with E-state index in [-0.39, 0.29) is 18.0 Å². The second-order valence-electron chi connectivity index (χ2n) is 4.54. The Labute approximate surface area is 125 Å². The van der Waals surface area contributed by atoms with Gasteiger partial charge in [0.1, 0.15) is 17.7 Å². The summed E-state index contributed by atoms with van der Waals surface area (Å²) in [6.45, 7) is 0. The van der Waals surface area contributed by atoms with Gasteiger partial charge < -0.3 is 4.74 Å². The first kappa shape index (κ1) is 13.4. The summed E-state index contributed by atoms with van der Waals surface area (Å²) in [6, 6.07) is 8.85. The molecule has 2 nitrogen and oxygen atoms in total. The first-order chi connectivity index (χ1) is 9.54. The molecule has 0 aromatic heterocycles. The number of halogens is 3. The van der Waals surface area contributed by atoms with Gasteiger partial charge in [-0.15, -0.1) is 0 Å². The maximum Gasteiger partial charge on any atom is 0.170 e. The number of ketones is 1. The topological polar surface area (TPSA) is 26.3 Å². The van der Waals surface area contributed by atoms with Crippen molar-refractivity contribution in [2.75, 3.05) is 0 Å². The number of carbonyl (C=O) groups is 1. The summed E-state index contributed by atoms with van der Waals surface area (Å²) < 4.78 is 19.0. The van der Waals surface area contributed by atoms with Crippen molar-refractivity contribution in [1.29, 1.82) is 0 Å². The van der Waals surface area contributed by atoms with Gasteiger partial charge in [0, 0.05) is 21.7 Å². The maximum atomic E-state index is 13.3. The van der Waals surface area contributed by atoms with E-state index in [0.29, 0.717) is 21.2 Å². The molecule has 20 heavy (non-hydrogen) atoms. The number of hydrogen-bond acceptors (Lipinski definition) is 2. The van der Waals surface area contributed by atoms with Gasteiger partial charge in [-0.2, -0.15) is 0 Å². The number of benzene rings is 2. The summed E-state index contributed by atoms with van der Waals surface area (Å²) in [7, 11) is 0. The summed E-state index contributed by atoms with van der Waals surface area (Å²) in [5.74, 6) is -0.316. The van der Waals surface area contributed by atoms with E-state index in [2.05, 4.69) is 0 Å². The number of hydrogen-bond donors (Lipinski definition) is 0. The van der Waals surface area contributed by atoms with Gasteiger partial charge in [-0.1, -0.05) is 23.2 Å². The maximum absolute atomic E-state index is 13.3. The van der Waals surface area contributed by atoms with Crippen molar-refractivity contribution in [3.8, 4) is 5.75 Å². The fourth-order valence-corrected chi connectivity index (χ4v) is 2.65. The van der Waals surface area contributed by atoms with Gasteiger partial charge in [0.25, 0.3) is 0 Å². The van der Waals surface area contributed by atoms with Gasteiger partial charge in [0.2, 0.25) is 0 Å². The van der Waals surface area contributed by atoms with Crippen molar-refractivity contribution in [3.05, 3.63) is 63.4 Å². The average molecular weight is 311 g/mol. The SMILES string of the molecule is O=C1CC(c2cc(Cl)ccc2Cl)Oc2cc(F)ccc21. The zero-order valence-electron chi connectivity index (χ0n) is 10.2. The molecule has 0 fully saturated rings. The molecule has 1 heterocycles. The van der Waals surface area contributed by atoms with E-state index in [4.69, 9.17) is 27.9 Å². The molecule has 5 heteroatoms. The van der Waals surface area contributed by atoms with Crippen LogP contribution in [0.4, 0.5) is 4.39 Å². The highest BCUT2D eigenvalue weighted by Gasteiger charge is 2.29. The Bertz CT molecular complexity index is 700. The number of fused-ring (bicyclic) bond motifs is 1. The molecule has 0 spiro atoms. The lowest BCUT2D eigenvalue weighted by Crippen LogP contribution is -2.20. The Morgan fingerprint density at radius 2 is 1.95 bits per heavy atom. The van der Waals surface area contributed by atoms with Crippen LogP contribution in [0, 0.1) is 5.82 Å². The molecule has 0 amide bonds. The van der Waals surface area contributed by atoms with Gasteiger partial charge in [-0.05, 0) is 30.3 Å². The van der Waals surface area contributed by atoms with Crippen molar-refractivity contribution in [2.45, 2.75) is 12.5 Å². The van der Waals surface area contributed by atoms with Crippen LogP contribution in [0.1, 0.15) is 28.4 Å². The first-order valence-electron chi connectivity index (χ1n) is 5.99. The van der Waals surface area contributed by atoms with Gasteiger partial charge in [0.05, 0.1) is 12.0 Å². The zero-order valence-corrected chi connectivity index (χ0v) is 11.7. The molecule has 0 saturated heterocycles. The Morgan fingerprint density at radius 3 is 2.75 bits per heavy atom. The van der Waals surface area contributed by atoms with E-state index in [1.54, 1.807) is 18.2 Å². The van der Waals surface area contributed by atoms with E-state index < -0.39 is 11.9 Å². The van der Waals surface area contributed by atoms with Crippen molar-refractivity contribution in [2.24, 2.45) is 0 Å². The third-order valence-electron chi connectivity index (χ3n) is 3.19. The molecule has 1 unspecified atom stereocenters. The van der Waals surface area contributed by atoms with Crippen LogP contribution in [0.15, 0.2) is 36.4 Å². The van der Waals surface area contributed by atoms with Crippen LogP contribution in [0.5, 0.6) is 5.75 Å². The summed E-state index contributed by atoms with van der Waals surface area (Å²) in [4.78, 5) is 12.1. The van der Waals surface area contributed by atoms with Crippen LogP contribution in [0.2, 0.25) is 10.0 Å². The van der Waals surface area contributed by atoms with Crippen LogP contribution in [-0.4, -0.2) is 5.78 Å². The summed E-state index contributed by atoms with van der Waals surface area (Å²) in [5, 5.41) is 0.970. The molecule has 0 N–H and O–H groups in total. The summed E-state index contributed by atoms with van der Waals surface area (Å²) >= 11 is 12.1. The zero-order chi connectivity index (χ0) is 14.3. The fourth-order valence-electron chi connectivity index (χ4n) is 2.23. The first-order valence-corrected chi connectivity index (χ1v) is 6.74. The molecule has 1 aliphatic heterocycles. The van der Waals surface area contributed by atoms with Crippen LogP contribution < -0.4 is 4.74 Å². The molecule has 2 aromatic rings. The lowest BCUT2D eigenvalue weighted by atomic mass is 9.96. The van der Waals surface area contributed by atoms with Crippen LogP contribution >= 0.6 is 23.2 Å². The second kappa shape index (κ2) is 5.08. The molecule has 0 saturated carbocycles. The Morgan fingerprint density at radius 1 is 1.15 bits per heavy atom. The molecule has 102 valence electrons. The Kier molecular flexibility index (Phi) is 3.40. The van der Waals surface area contributed by atoms with E-state index in [0.717, 1.165) is 0 Å². The normalized spacial score (nSPS) is 17.6. The van der Waals surface area contributed by atoms with Gasteiger partial charge >= 0.3 is 0 Å². The predicted molar refractivity (Wildman–Crippen MR) is 75.2 cm³/mol. The van der Waals surface area contributed by atoms with Crippen LogP contribution in [0.25, 0.3) is 0 Å². The molecule has 2 aromatic carbocycles. The molecule has 1 atom stereocenters. The standard InChI is InChI=1S/C15H9Cl2FO2/c16-8-1-4-12(17)11(5-8)15-7-13(19)10-3-2-9(18)6-14(10)20-15/h1-6,15H,7H2. The highest BCUT2D eigenvalue weighted by Crippen LogP contribution is 2.38. The number of rotatable bonds is 1. The second-order valence-corrected chi connectivity index (χ2v) is 5.38. The number of Topliss-reactive ketones (excluding diaryl/α,β-unsaturated/α-hetero) is 1. The van der Waals surface area contributed by atoms with Gasteiger partial charge in [0.15, 0.2) is 5.78 Å². The smallest absolute Gasteiger partial charge is 0.170 e. The van der Waals surface area contributed by atoms with Gasteiger partial charge in [-0.25, -0.2) is 4.39 Å². The van der Waals surface area contributed by atoms with E-state index in [1.807, 2.05) is 0 Å². The molecule has 1 aliphatic rings. The minimum atomic E-state index is -0.553. The Balaban J connectivity index is 2.02. The largest absolute Gasteiger partial charge is 0.484 e. The molecular weight excluding hydrogens is 302 g/mol. The molecule has 3 rings (SSSR count). The summed E-state index contributed by atoms with van der Waals surface area (Å²) in [5.41, 5.74) is 1.02. The minimum absolute atomic E-state index is 0.104. The van der Waals surface area contributed by atoms with Crippen molar-refractivity contribution < 1.29 is 13.9 Å². The van der Waals surface area contributed by atoms with Crippen molar-refractivity contribution in [1.82, 2.24) is 0 Å². The summed E-state index contributed by atoms with van der Waals surface area (Å²) in [6.07, 6.45) is -0.401. The van der Waals surface area contributed by atoms with Crippen molar-refractivity contribution in [3.63, 3.8) is 0 Å². The Hall–Kier alpha value is -1.58. The lowest BCUT2D eigenvalue weighted by Gasteiger charge is -2.26. The van der Waals surface area contributed by atoms with Crippen molar-refractivity contribution >= 4 is 29.0 Å². The lowest BCUT2D eigenvalue weighted by molar-refractivity contribution is 0.0849. The van der Waals surface area contributed by atoms with E-state index >= 15 is 0 Å². The molecule has 0 aliphatic carbocycles. The van der Waals surface area contributed by atoms with E-state index in [1.165, 1.54) is 18.2 Å². The van der Waals surface area contributed by atoms with Crippen LogP contribution in [0.3, 0.4) is 0 Å². The molecular formula is C15H9Cl2FO2. The minimum Gasteiger partial charge on any atom is -0.484 e. The average Bonchev–Trinajstić information content (AvgIpc) is 2.41. The quantitative estimate of drug-likeness (QED) is 0.753. The highest BCUT2D eigenvalue weighted by molar-refractivity contribution is 6.33. The third kappa shape index (κ3) is 2.39. The number of carbonyl (C=O) groups excluding carboxylic acids is 1. The highest BCUT2D eigenvalue weighted by atomic mass is 35.5. The fraction of sp³-hybridized carbons (Fsp3) is 0.133. The van der Waals surface area contributed by atoms with E-state index in [9.17, 15) is 9.18 Å². The van der Waals surface area contributed by atoms with Crippen LogP contribution in [-0.2, 0) is 0 Å². The molecule has 0 bridgehead atoms. The number of ether oxygens (including phenoxy) is 1. The monoisotopic (exact) mass is 310 g/mol. The molecule has 0 radical (unpaired) electrons.